The molecule has 1 aromatic carbocycles. The van der Waals surface area contributed by atoms with Crippen LogP contribution < -0.4 is 5.32 Å². The van der Waals surface area contributed by atoms with Gasteiger partial charge in [0.15, 0.2) is 0 Å². The first-order chi connectivity index (χ1) is 11.5. The van der Waals surface area contributed by atoms with Gasteiger partial charge in [0.2, 0.25) is 0 Å². The minimum atomic E-state index is -0.432. The summed E-state index contributed by atoms with van der Waals surface area (Å²) in [6.45, 7) is 0. The van der Waals surface area contributed by atoms with Gasteiger partial charge >= 0.3 is 5.97 Å². The molecule has 4 nitrogen and oxygen atoms in total. The Morgan fingerprint density at radius 1 is 1.29 bits per heavy atom. The molecule has 7 heteroatoms. The maximum absolute atomic E-state index is 13.2. The highest BCUT2D eigenvalue weighted by Crippen LogP contribution is 2.38. The number of esters is 1. The number of halogens is 2. The smallest absolute Gasteiger partial charge is 0.341 e. The van der Waals surface area contributed by atoms with Crippen LogP contribution in [-0.2, 0) is 17.6 Å². The Bertz CT molecular complexity index is 818. The lowest BCUT2D eigenvalue weighted by Crippen LogP contribution is -2.16. The highest BCUT2D eigenvalue weighted by atomic mass is 127. The Kier molecular flexibility index (Phi) is 5.19. The molecule has 0 atom stereocenters. The van der Waals surface area contributed by atoms with E-state index in [9.17, 15) is 14.0 Å². The molecule has 0 aliphatic heterocycles. The Labute approximate surface area is 156 Å². The van der Waals surface area contributed by atoms with E-state index < -0.39 is 11.8 Å². The molecule has 0 saturated carbocycles. The second-order valence-electron chi connectivity index (χ2n) is 5.48. The number of anilines is 1. The maximum Gasteiger partial charge on any atom is 0.341 e. The Morgan fingerprint density at radius 2 is 2.04 bits per heavy atom. The highest BCUT2D eigenvalue weighted by molar-refractivity contribution is 14.1. The fourth-order valence-electron chi connectivity index (χ4n) is 2.82. The van der Waals surface area contributed by atoms with Crippen molar-refractivity contribution in [2.75, 3.05) is 12.4 Å². The summed E-state index contributed by atoms with van der Waals surface area (Å²) < 4.78 is 18.6. The zero-order chi connectivity index (χ0) is 17.3. The van der Waals surface area contributed by atoms with Crippen molar-refractivity contribution in [2.45, 2.75) is 25.7 Å². The standard InChI is InChI=1S/C17H15FINO3S/c1-23-17(22)14-11-4-2-3-5-13(11)24-16(14)20-15(21)10-7-6-9(18)8-12(10)19/h6-8H,2-5H2,1H3,(H,20,21). The zero-order valence-corrected chi connectivity index (χ0v) is 15.9. The summed E-state index contributed by atoms with van der Waals surface area (Å²) in [5.41, 5.74) is 1.82. The topological polar surface area (TPSA) is 55.4 Å². The van der Waals surface area contributed by atoms with Gasteiger partial charge in [0.1, 0.15) is 10.8 Å². The molecule has 1 N–H and O–H groups in total. The Morgan fingerprint density at radius 3 is 2.75 bits per heavy atom. The van der Waals surface area contributed by atoms with Gasteiger partial charge in [0.25, 0.3) is 5.91 Å². The van der Waals surface area contributed by atoms with Crippen LogP contribution in [0.2, 0.25) is 0 Å². The first-order valence-corrected chi connectivity index (χ1v) is 9.40. The molecule has 2 aromatic rings. The quantitative estimate of drug-likeness (QED) is 0.547. The van der Waals surface area contributed by atoms with Gasteiger partial charge in [-0.15, -0.1) is 11.3 Å². The molecule has 1 aliphatic rings. The van der Waals surface area contributed by atoms with Crippen LogP contribution >= 0.6 is 33.9 Å². The fraction of sp³-hybridized carbons (Fsp3) is 0.294. The van der Waals surface area contributed by atoms with E-state index in [1.54, 1.807) is 0 Å². The number of aryl methyl sites for hydroxylation is 1. The average molecular weight is 459 g/mol. The third-order valence-corrected chi connectivity index (χ3v) is 6.06. The fourth-order valence-corrected chi connectivity index (χ4v) is 4.81. The number of amides is 1. The number of methoxy groups -OCH3 is 1. The van der Waals surface area contributed by atoms with Crippen LogP contribution in [0.3, 0.4) is 0 Å². The number of thiophene rings is 1. The molecule has 0 bridgehead atoms. The number of benzene rings is 1. The molecule has 0 saturated heterocycles. The molecule has 1 heterocycles. The van der Waals surface area contributed by atoms with Gasteiger partial charge in [-0.05, 0) is 72.0 Å². The molecule has 0 fully saturated rings. The van der Waals surface area contributed by atoms with E-state index in [0.29, 0.717) is 19.7 Å². The summed E-state index contributed by atoms with van der Waals surface area (Å²) in [7, 11) is 1.34. The summed E-state index contributed by atoms with van der Waals surface area (Å²) in [6, 6.07) is 3.99. The number of hydrogen-bond donors (Lipinski definition) is 1. The minimum Gasteiger partial charge on any atom is -0.465 e. The van der Waals surface area contributed by atoms with Crippen LogP contribution in [0.25, 0.3) is 0 Å². The van der Waals surface area contributed by atoms with Crippen molar-refractivity contribution in [1.82, 2.24) is 0 Å². The number of fused-ring (bicyclic) bond motifs is 1. The molecule has 1 aliphatic carbocycles. The van der Waals surface area contributed by atoms with Crippen molar-refractivity contribution < 1.29 is 18.7 Å². The van der Waals surface area contributed by atoms with Gasteiger partial charge in [0, 0.05) is 8.45 Å². The van der Waals surface area contributed by atoms with Crippen LogP contribution in [0, 0.1) is 9.39 Å². The number of rotatable bonds is 3. The summed E-state index contributed by atoms with van der Waals surface area (Å²) in [5.74, 6) is -1.18. The first-order valence-electron chi connectivity index (χ1n) is 7.50. The molecular weight excluding hydrogens is 444 g/mol. The van der Waals surface area contributed by atoms with Crippen LogP contribution in [0.4, 0.5) is 9.39 Å². The van der Waals surface area contributed by atoms with Crippen molar-refractivity contribution in [1.29, 1.82) is 0 Å². The molecular formula is C17H15FINO3S. The molecule has 1 amide bonds. The van der Waals surface area contributed by atoms with Gasteiger partial charge in [-0.25, -0.2) is 9.18 Å². The minimum absolute atomic E-state index is 0.358. The van der Waals surface area contributed by atoms with Crippen LogP contribution in [0.1, 0.15) is 44.0 Å². The third kappa shape index (κ3) is 3.32. The Hall–Kier alpha value is -1.48. The first kappa shape index (κ1) is 17.3. The molecule has 3 rings (SSSR count). The van der Waals surface area contributed by atoms with E-state index in [-0.39, 0.29) is 5.91 Å². The Balaban J connectivity index is 1.96. The average Bonchev–Trinajstić information content (AvgIpc) is 2.91. The van der Waals surface area contributed by atoms with E-state index in [0.717, 1.165) is 36.1 Å². The van der Waals surface area contributed by atoms with Gasteiger partial charge in [-0.3, -0.25) is 4.79 Å². The van der Waals surface area contributed by atoms with E-state index in [1.807, 2.05) is 22.6 Å². The third-order valence-electron chi connectivity index (χ3n) is 3.96. The van der Waals surface area contributed by atoms with Crippen molar-refractivity contribution in [2.24, 2.45) is 0 Å². The molecule has 24 heavy (non-hydrogen) atoms. The monoisotopic (exact) mass is 459 g/mol. The van der Waals surface area contributed by atoms with Gasteiger partial charge in [-0.2, -0.15) is 0 Å². The second kappa shape index (κ2) is 7.18. The molecule has 126 valence electrons. The van der Waals surface area contributed by atoms with Crippen LogP contribution in [-0.4, -0.2) is 19.0 Å². The van der Waals surface area contributed by atoms with Crippen LogP contribution in [0.15, 0.2) is 18.2 Å². The number of carbonyl (C=O) groups excluding carboxylic acids is 2. The lowest BCUT2D eigenvalue weighted by molar-refractivity contribution is 0.0601. The SMILES string of the molecule is COC(=O)c1c(NC(=O)c2ccc(F)cc2I)sc2c1CCCC2. The van der Waals surface area contributed by atoms with E-state index in [4.69, 9.17) is 4.74 Å². The number of carbonyl (C=O) groups is 2. The maximum atomic E-state index is 13.2. The van der Waals surface area contributed by atoms with Gasteiger partial charge in [-0.1, -0.05) is 0 Å². The lowest BCUT2D eigenvalue weighted by Gasteiger charge is -2.12. The number of hydrogen-bond acceptors (Lipinski definition) is 4. The van der Waals surface area contributed by atoms with Crippen molar-refractivity contribution in [3.8, 4) is 0 Å². The second-order valence-corrected chi connectivity index (χ2v) is 7.75. The van der Waals surface area contributed by atoms with E-state index in [2.05, 4.69) is 5.32 Å². The van der Waals surface area contributed by atoms with Crippen LogP contribution in [0.5, 0.6) is 0 Å². The van der Waals surface area contributed by atoms with Crippen molar-refractivity contribution in [3.05, 3.63) is 49.2 Å². The van der Waals surface area contributed by atoms with Gasteiger partial charge < -0.3 is 10.1 Å². The van der Waals surface area contributed by atoms with Crippen molar-refractivity contribution in [3.63, 3.8) is 0 Å². The predicted octanol–water partition coefficient (Wildman–Crippen LogP) is 4.41. The highest BCUT2D eigenvalue weighted by Gasteiger charge is 2.27. The summed E-state index contributed by atoms with van der Waals surface area (Å²) in [6.07, 6.45) is 3.84. The summed E-state index contributed by atoms with van der Waals surface area (Å²) >= 11 is 3.35. The number of nitrogens with one attached hydrogen (secondary N) is 1. The van der Waals surface area contributed by atoms with Crippen molar-refractivity contribution >= 4 is 50.8 Å². The summed E-state index contributed by atoms with van der Waals surface area (Å²) in [4.78, 5) is 25.8. The predicted molar refractivity (Wildman–Crippen MR) is 99.4 cm³/mol. The lowest BCUT2D eigenvalue weighted by atomic mass is 9.95. The number of ether oxygens (including phenoxy) is 1. The summed E-state index contributed by atoms with van der Waals surface area (Å²) in [5, 5.41) is 3.32. The molecule has 0 spiro atoms. The van der Waals surface area contributed by atoms with E-state index >= 15 is 0 Å². The van der Waals surface area contributed by atoms with E-state index in [1.165, 1.54) is 36.6 Å². The molecule has 0 unspecified atom stereocenters. The zero-order valence-electron chi connectivity index (χ0n) is 12.9. The molecule has 1 aromatic heterocycles. The largest absolute Gasteiger partial charge is 0.465 e. The van der Waals surface area contributed by atoms with Gasteiger partial charge in [0.05, 0.1) is 18.2 Å². The normalized spacial score (nSPS) is 13.3. The molecule has 0 radical (unpaired) electrons.